The van der Waals surface area contributed by atoms with Crippen LogP contribution < -0.4 is 14.8 Å². The van der Waals surface area contributed by atoms with Crippen molar-refractivity contribution < 1.29 is 14.3 Å². The van der Waals surface area contributed by atoms with E-state index < -0.39 is 0 Å². The summed E-state index contributed by atoms with van der Waals surface area (Å²) in [4.78, 5) is 12.8. The third-order valence-electron chi connectivity index (χ3n) is 4.18. The molecule has 0 saturated heterocycles. The summed E-state index contributed by atoms with van der Waals surface area (Å²) in [6.07, 6.45) is 2.44. The van der Waals surface area contributed by atoms with Crippen molar-refractivity contribution in [3.05, 3.63) is 69.8 Å². The van der Waals surface area contributed by atoms with Crippen LogP contribution in [0.2, 0.25) is 10.0 Å². The van der Waals surface area contributed by atoms with Crippen LogP contribution in [-0.4, -0.2) is 29.4 Å². The molecule has 0 fully saturated rings. The van der Waals surface area contributed by atoms with Gasteiger partial charge in [-0.15, -0.1) is 0 Å². The quantitative estimate of drug-likeness (QED) is 0.524. The number of aromatic nitrogens is 2. The molecule has 3 aromatic rings. The van der Waals surface area contributed by atoms with Crippen molar-refractivity contribution in [2.75, 3.05) is 19.0 Å². The predicted molar refractivity (Wildman–Crippen MR) is 115 cm³/mol. The highest BCUT2D eigenvalue weighted by Crippen LogP contribution is 2.36. The van der Waals surface area contributed by atoms with Crippen LogP contribution in [-0.2, 0) is 6.54 Å². The maximum atomic E-state index is 12.8. The van der Waals surface area contributed by atoms with Crippen molar-refractivity contribution in [1.29, 1.82) is 0 Å². The summed E-state index contributed by atoms with van der Waals surface area (Å²) in [5.41, 5.74) is 1.25. The largest absolute Gasteiger partial charge is 0.493 e. The number of carbonyl (C=O) groups is 1. The Bertz CT molecular complexity index is 1000. The summed E-state index contributed by atoms with van der Waals surface area (Å²) in [5.74, 6) is 1.03. The van der Waals surface area contributed by atoms with E-state index in [9.17, 15) is 4.79 Å². The Hall–Kier alpha value is -2.70. The first kappa shape index (κ1) is 21.0. The number of anilines is 1. The molecule has 0 aliphatic heterocycles. The minimum Gasteiger partial charge on any atom is -0.493 e. The van der Waals surface area contributed by atoms with Crippen molar-refractivity contribution >= 4 is 34.9 Å². The van der Waals surface area contributed by atoms with Gasteiger partial charge in [0.05, 0.1) is 31.5 Å². The van der Waals surface area contributed by atoms with Crippen molar-refractivity contribution in [3.63, 3.8) is 0 Å². The van der Waals surface area contributed by atoms with E-state index in [1.807, 2.05) is 31.2 Å². The van der Waals surface area contributed by atoms with E-state index in [4.69, 9.17) is 32.7 Å². The summed E-state index contributed by atoms with van der Waals surface area (Å²) in [5, 5.41) is 8.07. The van der Waals surface area contributed by atoms with Gasteiger partial charge in [-0.1, -0.05) is 48.3 Å². The molecule has 152 valence electrons. The number of nitrogens with zero attached hydrogens (tertiary/aromatic N) is 2. The molecule has 0 atom stereocenters. The first-order valence-electron chi connectivity index (χ1n) is 9.10. The van der Waals surface area contributed by atoms with E-state index in [1.165, 1.54) is 7.11 Å². The highest BCUT2D eigenvalue weighted by molar-refractivity contribution is 6.33. The molecule has 1 heterocycles. The Morgan fingerprint density at radius 2 is 1.97 bits per heavy atom. The number of rotatable bonds is 8. The van der Waals surface area contributed by atoms with Gasteiger partial charge in [-0.05, 0) is 30.2 Å². The van der Waals surface area contributed by atoms with Crippen LogP contribution in [0.25, 0.3) is 0 Å². The minimum atomic E-state index is -0.340. The lowest BCUT2D eigenvalue weighted by Crippen LogP contribution is -2.16. The Balaban J connectivity index is 1.80. The van der Waals surface area contributed by atoms with Gasteiger partial charge in [-0.3, -0.25) is 4.79 Å². The fourth-order valence-electron chi connectivity index (χ4n) is 2.74. The lowest BCUT2D eigenvalue weighted by molar-refractivity contribution is 0.102. The minimum absolute atomic E-state index is 0.313. The molecule has 0 radical (unpaired) electrons. The molecule has 29 heavy (non-hydrogen) atoms. The topological polar surface area (TPSA) is 65.4 Å². The fraction of sp³-hybridized carbons (Fsp3) is 0.238. The Kier molecular flexibility index (Phi) is 7.01. The molecular formula is C21H21Cl2N3O3. The Morgan fingerprint density at radius 3 is 2.69 bits per heavy atom. The first-order valence-corrected chi connectivity index (χ1v) is 9.86. The Labute approximate surface area is 179 Å². The van der Waals surface area contributed by atoms with Gasteiger partial charge in [0.2, 0.25) is 0 Å². The molecule has 2 aromatic carbocycles. The summed E-state index contributed by atoms with van der Waals surface area (Å²) in [6, 6.07) is 12.4. The molecule has 0 aliphatic rings. The molecule has 0 spiro atoms. The lowest BCUT2D eigenvalue weighted by Gasteiger charge is -2.14. The number of hydrogen-bond acceptors (Lipinski definition) is 4. The molecule has 1 N–H and O–H groups in total. The monoisotopic (exact) mass is 433 g/mol. The van der Waals surface area contributed by atoms with Gasteiger partial charge in [-0.25, -0.2) is 4.68 Å². The molecule has 0 aliphatic carbocycles. The van der Waals surface area contributed by atoms with Gasteiger partial charge < -0.3 is 14.8 Å². The van der Waals surface area contributed by atoms with E-state index in [0.717, 1.165) is 12.0 Å². The van der Waals surface area contributed by atoms with Crippen molar-refractivity contribution in [3.8, 4) is 11.5 Å². The zero-order valence-corrected chi connectivity index (χ0v) is 17.6. The maximum Gasteiger partial charge on any atom is 0.257 e. The first-order chi connectivity index (χ1) is 14.0. The maximum absolute atomic E-state index is 12.8. The number of nitrogens with one attached hydrogen (secondary N) is 1. The third-order valence-corrected chi connectivity index (χ3v) is 4.83. The van der Waals surface area contributed by atoms with E-state index in [2.05, 4.69) is 10.4 Å². The smallest absolute Gasteiger partial charge is 0.257 e. The van der Waals surface area contributed by atoms with Crippen LogP contribution in [0.5, 0.6) is 11.5 Å². The summed E-state index contributed by atoms with van der Waals surface area (Å²) >= 11 is 12.5. The Morgan fingerprint density at radius 1 is 1.17 bits per heavy atom. The van der Waals surface area contributed by atoms with Crippen molar-refractivity contribution in [2.45, 2.75) is 19.9 Å². The zero-order chi connectivity index (χ0) is 20.8. The van der Waals surface area contributed by atoms with Crippen LogP contribution in [0.1, 0.15) is 29.3 Å². The van der Waals surface area contributed by atoms with Gasteiger partial charge in [0.15, 0.2) is 11.5 Å². The number of amides is 1. The van der Waals surface area contributed by atoms with Crippen LogP contribution in [0.15, 0.2) is 48.7 Å². The number of carbonyl (C=O) groups excluding carboxylic acids is 1. The van der Waals surface area contributed by atoms with Crippen LogP contribution in [0.4, 0.5) is 5.82 Å². The highest BCUT2D eigenvalue weighted by Gasteiger charge is 2.17. The third kappa shape index (κ3) is 5.02. The van der Waals surface area contributed by atoms with Gasteiger partial charge in [-0.2, -0.15) is 5.10 Å². The number of halogens is 2. The average molecular weight is 434 g/mol. The molecule has 6 nitrogen and oxygen atoms in total. The molecule has 0 bridgehead atoms. The van der Waals surface area contributed by atoms with Gasteiger partial charge in [0, 0.05) is 16.7 Å². The second kappa shape index (κ2) is 9.67. The van der Waals surface area contributed by atoms with Crippen molar-refractivity contribution in [2.24, 2.45) is 0 Å². The van der Waals surface area contributed by atoms with Gasteiger partial charge in [0.1, 0.15) is 5.82 Å². The molecule has 0 unspecified atom stereocenters. The van der Waals surface area contributed by atoms with E-state index in [0.29, 0.717) is 46.1 Å². The lowest BCUT2D eigenvalue weighted by atomic mass is 10.2. The molecule has 0 saturated carbocycles. The standard InChI is InChI=1S/C21H21Cl2N3O3/c1-3-10-29-20-17(23)11-15(12-18(20)28-2)21(27)25-19-8-9-24-26(19)13-14-6-4-5-7-16(14)22/h4-9,11-12H,3,10,13H2,1-2H3,(H,25,27). The highest BCUT2D eigenvalue weighted by atomic mass is 35.5. The predicted octanol–water partition coefficient (Wildman–Crippen LogP) is 5.29. The molecular weight excluding hydrogens is 413 g/mol. The van der Waals surface area contributed by atoms with Crippen LogP contribution in [0.3, 0.4) is 0 Å². The van der Waals surface area contributed by atoms with Crippen LogP contribution in [0, 0.1) is 0 Å². The molecule has 1 aromatic heterocycles. The van der Waals surface area contributed by atoms with Crippen LogP contribution >= 0.6 is 23.2 Å². The summed E-state index contributed by atoms with van der Waals surface area (Å²) < 4.78 is 12.6. The van der Waals surface area contributed by atoms with Gasteiger partial charge >= 0.3 is 0 Å². The average Bonchev–Trinajstić information content (AvgIpc) is 3.14. The number of methoxy groups -OCH3 is 1. The second-order valence-corrected chi connectivity index (χ2v) is 7.07. The molecule has 3 rings (SSSR count). The number of benzene rings is 2. The summed E-state index contributed by atoms with van der Waals surface area (Å²) in [7, 11) is 1.50. The van der Waals surface area contributed by atoms with E-state index >= 15 is 0 Å². The normalized spacial score (nSPS) is 10.6. The SMILES string of the molecule is CCCOc1c(Cl)cc(C(=O)Nc2ccnn2Cc2ccccc2Cl)cc1OC. The van der Waals surface area contributed by atoms with E-state index in [1.54, 1.807) is 29.1 Å². The fourth-order valence-corrected chi connectivity index (χ4v) is 3.20. The number of ether oxygens (including phenoxy) is 2. The second-order valence-electron chi connectivity index (χ2n) is 6.26. The molecule has 1 amide bonds. The summed E-state index contributed by atoms with van der Waals surface area (Å²) in [6.45, 7) is 2.92. The van der Waals surface area contributed by atoms with Crippen molar-refractivity contribution in [1.82, 2.24) is 9.78 Å². The van der Waals surface area contributed by atoms with E-state index in [-0.39, 0.29) is 5.91 Å². The zero-order valence-electron chi connectivity index (χ0n) is 16.1. The van der Waals surface area contributed by atoms with Gasteiger partial charge in [0.25, 0.3) is 5.91 Å². The number of hydrogen-bond donors (Lipinski definition) is 1. The molecule has 8 heteroatoms.